The Morgan fingerprint density at radius 3 is 2.62 bits per heavy atom. The first-order valence-corrected chi connectivity index (χ1v) is 8.68. The standard InChI is InChI=1S/C15H22FNO3S/c1-11-5-7-15(18,8-6-11)10-17-21(19,20)14-9-13(16)4-3-12(14)2/h3-4,9,11,17-18H,5-8,10H2,1-2H3. The smallest absolute Gasteiger partial charge is 0.241 e. The van der Waals surface area contributed by atoms with Crippen LogP contribution in [0.5, 0.6) is 0 Å². The molecule has 1 saturated carbocycles. The van der Waals surface area contributed by atoms with E-state index in [-0.39, 0.29) is 11.4 Å². The number of rotatable bonds is 4. The third-order valence-corrected chi connectivity index (χ3v) is 5.78. The topological polar surface area (TPSA) is 66.4 Å². The molecule has 0 saturated heterocycles. The largest absolute Gasteiger partial charge is 0.389 e. The van der Waals surface area contributed by atoms with Gasteiger partial charge >= 0.3 is 0 Å². The Hall–Kier alpha value is -0.980. The van der Waals surface area contributed by atoms with E-state index in [4.69, 9.17) is 0 Å². The molecule has 1 fully saturated rings. The van der Waals surface area contributed by atoms with E-state index in [1.165, 1.54) is 12.1 Å². The van der Waals surface area contributed by atoms with Gasteiger partial charge in [0.05, 0.1) is 10.5 Å². The molecule has 0 amide bonds. The lowest BCUT2D eigenvalue weighted by atomic mass is 9.80. The highest BCUT2D eigenvalue weighted by Crippen LogP contribution is 2.31. The Kier molecular flexibility index (Phi) is 4.70. The molecule has 21 heavy (non-hydrogen) atoms. The van der Waals surface area contributed by atoms with Crippen LogP contribution in [0.25, 0.3) is 0 Å². The minimum atomic E-state index is -3.81. The fraction of sp³-hybridized carbons (Fsp3) is 0.600. The molecule has 0 bridgehead atoms. The first-order chi connectivity index (χ1) is 9.72. The van der Waals surface area contributed by atoms with E-state index in [2.05, 4.69) is 11.6 Å². The van der Waals surface area contributed by atoms with Crippen molar-refractivity contribution in [3.05, 3.63) is 29.6 Å². The summed E-state index contributed by atoms with van der Waals surface area (Å²) in [6.07, 6.45) is 2.94. The highest BCUT2D eigenvalue weighted by molar-refractivity contribution is 7.89. The zero-order valence-electron chi connectivity index (χ0n) is 12.4. The highest BCUT2D eigenvalue weighted by Gasteiger charge is 2.33. The third kappa shape index (κ3) is 4.02. The summed E-state index contributed by atoms with van der Waals surface area (Å²) in [5.41, 5.74) is -0.519. The number of hydrogen-bond donors (Lipinski definition) is 2. The van der Waals surface area contributed by atoms with Gasteiger partial charge in [-0.1, -0.05) is 13.0 Å². The molecule has 118 valence electrons. The number of aliphatic hydroxyl groups is 1. The first kappa shape index (κ1) is 16.4. The van der Waals surface area contributed by atoms with Gasteiger partial charge in [-0.25, -0.2) is 17.5 Å². The van der Waals surface area contributed by atoms with Crippen LogP contribution in [-0.4, -0.2) is 25.7 Å². The van der Waals surface area contributed by atoms with Crippen LogP contribution >= 0.6 is 0 Å². The molecule has 0 atom stereocenters. The van der Waals surface area contributed by atoms with E-state index in [1.54, 1.807) is 6.92 Å². The van der Waals surface area contributed by atoms with E-state index in [0.29, 0.717) is 24.3 Å². The lowest BCUT2D eigenvalue weighted by molar-refractivity contribution is -0.00183. The Morgan fingerprint density at radius 1 is 1.38 bits per heavy atom. The summed E-state index contributed by atoms with van der Waals surface area (Å²) in [5.74, 6) is -0.0291. The van der Waals surface area contributed by atoms with Crippen LogP contribution in [0.1, 0.15) is 38.2 Å². The van der Waals surface area contributed by atoms with Crippen LogP contribution < -0.4 is 4.72 Å². The molecular weight excluding hydrogens is 293 g/mol. The summed E-state index contributed by atoms with van der Waals surface area (Å²) in [6, 6.07) is 3.66. The van der Waals surface area contributed by atoms with Crippen molar-refractivity contribution in [3.8, 4) is 0 Å². The molecule has 0 unspecified atom stereocenters. The van der Waals surface area contributed by atoms with Crippen molar-refractivity contribution in [2.45, 2.75) is 50.0 Å². The van der Waals surface area contributed by atoms with Crippen molar-refractivity contribution in [2.24, 2.45) is 5.92 Å². The fourth-order valence-electron chi connectivity index (χ4n) is 2.65. The summed E-state index contributed by atoms with van der Waals surface area (Å²) in [4.78, 5) is -0.0738. The van der Waals surface area contributed by atoms with Crippen LogP contribution in [0.4, 0.5) is 4.39 Å². The van der Waals surface area contributed by atoms with E-state index in [0.717, 1.165) is 18.9 Å². The zero-order chi connectivity index (χ0) is 15.7. The number of nitrogens with one attached hydrogen (secondary N) is 1. The monoisotopic (exact) mass is 315 g/mol. The molecule has 0 spiro atoms. The minimum absolute atomic E-state index is 0.0298. The molecule has 0 aliphatic heterocycles. The van der Waals surface area contributed by atoms with Gasteiger partial charge in [0, 0.05) is 6.54 Å². The number of benzene rings is 1. The number of hydrogen-bond acceptors (Lipinski definition) is 3. The first-order valence-electron chi connectivity index (χ1n) is 7.20. The summed E-state index contributed by atoms with van der Waals surface area (Å²) in [7, 11) is -3.81. The van der Waals surface area contributed by atoms with Gasteiger partial charge < -0.3 is 5.11 Å². The van der Waals surface area contributed by atoms with Gasteiger partial charge in [0.2, 0.25) is 10.0 Å². The molecule has 6 heteroatoms. The van der Waals surface area contributed by atoms with Gasteiger partial charge in [0.1, 0.15) is 5.82 Å². The fourth-order valence-corrected chi connectivity index (χ4v) is 4.02. The molecule has 0 heterocycles. The molecule has 4 nitrogen and oxygen atoms in total. The quantitative estimate of drug-likeness (QED) is 0.896. The van der Waals surface area contributed by atoms with E-state index in [9.17, 15) is 17.9 Å². The Balaban J connectivity index is 2.09. The van der Waals surface area contributed by atoms with Gasteiger partial charge in [0.25, 0.3) is 0 Å². The average Bonchev–Trinajstić information content (AvgIpc) is 2.43. The van der Waals surface area contributed by atoms with Crippen LogP contribution in [-0.2, 0) is 10.0 Å². The molecule has 2 rings (SSSR count). The summed E-state index contributed by atoms with van der Waals surface area (Å²) in [5, 5.41) is 10.4. The van der Waals surface area contributed by atoms with Gasteiger partial charge in [-0.15, -0.1) is 0 Å². The van der Waals surface area contributed by atoms with Crippen molar-refractivity contribution in [1.29, 1.82) is 0 Å². The molecular formula is C15H22FNO3S. The van der Waals surface area contributed by atoms with E-state index < -0.39 is 21.4 Å². The molecule has 2 N–H and O–H groups in total. The van der Waals surface area contributed by atoms with Crippen molar-refractivity contribution in [1.82, 2.24) is 4.72 Å². The zero-order valence-corrected chi connectivity index (χ0v) is 13.2. The number of sulfonamides is 1. The molecule has 1 aliphatic carbocycles. The Bertz CT molecular complexity index is 607. The maximum Gasteiger partial charge on any atom is 0.241 e. The predicted octanol–water partition coefficient (Wildman–Crippen LogP) is 2.35. The van der Waals surface area contributed by atoms with Gasteiger partial charge in [0.15, 0.2) is 0 Å². The number of halogens is 1. The van der Waals surface area contributed by atoms with Crippen LogP contribution in [0, 0.1) is 18.7 Å². The lowest BCUT2D eigenvalue weighted by Gasteiger charge is -2.34. The molecule has 1 aliphatic rings. The van der Waals surface area contributed by atoms with Crippen LogP contribution in [0.2, 0.25) is 0 Å². The van der Waals surface area contributed by atoms with Crippen molar-refractivity contribution >= 4 is 10.0 Å². The second-order valence-electron chi connectivity index (χ2n) is 6.14. The highest BCUT2D eigenvalue weighted by atomic mass is 32.2. The second kappa shape index (κ2) is 6.02. The number of aryl methyl sites for hydroxylation is 1. The van der Waals surface area contributed by atoms with E-state index in [1.807, 2.05) is 0 Å². The van der Waals surface area contributed by atoms with Gasteiger partial charge in [-0.2, -0.15) is 0 Å². The maximum atomic E-state index is 13.2. The molecule has 1 aromatic rings. The normalized spacial score (nSPS) is 26.8. The van der Waals surface area contributed by atoms with Gasteiger partial charge in [-0.3, -0.25) is 0 Å². The summed E-state index contributed by atoms with van der Waals surface area (Å²) in [6.45, 7) is 3.71. The minimum Gasteiger partial charge on any atom is -0.389 e. The Labute approximate surface area is 125 Å². The Morgan fingerprint density at radius 2 is 2.00 bits per heavy atom. The predicted molar refractivity (Wildman–Crippen MR) is 78.9 cm³/mol. The lowest BCUT2D eigenvalue weighted by Crippen LogP contribution is -2.45. The SMILES string of the molecule is Cc1ccc(F)cc1S(=O)(=O)NCC1(O)CCC(C)CC1. The average molecular weight is 315 g/mol. The maximum absolute atomic E-state index is 13.2. The molecule has 1 aromatic carbocycles. The van der Waals surface area contributed by atoms with Crippen LogP contribution in [0.3, 0.4) is 0 Å². The summed E-state index contributed by atoms with van der Waals surface area (Å²) >= 11 is 0. The van der Waals surface area contributed by atoms with Crippen molar-refractivity contribution < 1.29 is 17.9 Å². The third-order valence-electron chi connectivity index (χ3n) is 4.24. The second-order valence-corrected chi connectivity index (χ2v) is 7.88. The summed E-state index contributed by atoms with van der Waals surface area (Å²) < 4.78 is 40.2. The van der Waals surface area contributed by atoms with Gasteiger partial charge in [-0.05, 0) is 56.2 Å². The molecule has 0 aromatic heterocycles. The van der Waals surface area contributed by atoms with E-state index >= 15 is 0 Å². The van der Waals surface area contributed by atoms with Crippen LogP contribution in [0.15, 0.2) is 23.1 Å². The molecule has 0 radical (unpaired) electrons. The van der Waals surface area contributed by atoms with Crippen molar-refractivity contribution in [2.75, 3.05) is 6.54 Å². The van der Waals surface area contributed by atoms with Crippen molar-refractivity contribution in [3.63, 3.8) is 0 Å².